The molecule has 0 bridgehead atoms. The normalized spacial score (nSPS) is 13.6. The summed E-state index contributed by atoms with van der Waals surface area (Å²) in [6.07, 6.45) is 0. The molecule has 104 valence electrons. The van der Waals surface area contributed by atoms with Crippen LogP contribution in [0.15, 0.2) is 59.1 Å². The summed E-state index contributed by atoms with van der Waals surface area (Å²) in [5, 5.41) is 2.88. The van der Waals surface area contributed by atoms with Gasteiger partial charge in [0.2, 0.25) is 5.91 Å². The number of nitrogens with one attached hydrogen (secondary N) is 1. The van der Waals surface area contributed by atoms with E-state index in [1.165, 1.54) is 0 Å². The van der Waals surface area contributed by atoms with E-state index in [-0.39, 0.29) is 15.6 Å². The molecule has 0 aliphatic heterocycles. The van der Waals surface area contributed by atoms with Crippen molar-refractivity contribution < 1.29 is 4.79 Å². The highest BCUT2D eigenvalue weighted by atomic mass is 79.9. The van der Waals surface area contributed by atoms with Crippen molar-refractivity contribution in [2.24, 2.45) is 0 Å². The Balaban J connectivity index is 2.03. The fraction of sp³-hybridized carbons (Fsp3) is 0.133. The first-order chi connectivity index (χ1) is 9.58. The van der Waals surface area contributed by atoms with Gasteiger partial charge in [-0.2, -0.15) is 0 Å². The fourth-order valence-corrected chi connectivity index (χ4v) is 2.91. The Kier molecular flexibility index (Phi) is 5.81. The first kappa shape index (κ1) is 15.7. The van der Waals surface area contributed by atoms with Gasteiger partial charge in [0.15, 0.2) is 0 Å². The summed E-state index contributed by atoms with van der Waals surface area (Å²) in [6.45, 7) is 0. The summed E-state index contributed by atoms with van der Waals surface area (Å²) in [4.78, 5) is 11.8. The van der Waals surface area contributed by atoms with Gasteiger partial charge in [-0.3, -0.25) is 4.79 Å². The van der Waals surface area contributed by atoms with E-state index >= 15 is 0 Å². The maximum Gasteiger partial charge on any atom is 0.239 e. The average molecular weight is 462 g/mol. The van der Waals surface area contributed by atoms with Gasteiger partial charge in [0.1, 0.15) is 4.83 Å². The standard InChI is InChI=1S/C15H12Br3NO/c16-11-6-8-12(9-7-11)19-15(20)14(18)13(17)10-4-2-1-3-5-10/h1-9,13-14H,(H,19,20)/t13-,14-/m0/s1. The van der Waals surface area contributed by atoms with Crippen LogP contribution in [0.4, 0.5) is 5.69 Å². The van der Waals surface area contributed by atoms with Crippen molar-refractivity contribution >= 4 is 59.4 Å². The molecule has 0 aromatic heterocycles. The minimum absolute atomic E-state index is 0.0841. The minimum atomic E-state index is -0.353. The Bertz CT molecular complexity index is 571. The molecule has 1 N–H and O–H groups in total. The minimum Gasteiger partial charge on any atom is -0.325 e. The number of benzene rings is 2. The van der Waals surface area contributed by atoms with E-state index in [9.17, 15) is 4.79 Å². The smallest absolute Gasteiger partial charge is 0.239 e. The van der Waals surface area contributed by atoms with Crippen LogP contribution < -0.4 is 5.32 Å². The van der Waals surface area contributed by atoms with Crippen LogP contribution in [-0.4, -0.2) is 10.7 Å². The molecule has 0 saturated heterocycles. The van der Waals surface area contributed by atoms with Crippen molar-refractivity contribution in [1.82, 2.24) is 0 Å². The number of halogens is 3. The molecule has 0 saturated carbocycles. The zero-order valence-corrected chi connectivity index (χ0v) is 15.2. The molecular formula is C15H12Br3NO. The first-order valence-corrected chi connectivity index (χ1v) is 8.60. The molecule has 0 fully saturated rings. The molecule has 20 heavy (non-hydrogen) atoms. The lowest BCUT2D eigenvalue weighted by Crippen LogP contribution is -2.26. The monoisotopic (exact) mass is 459 g/mol. The van der Waals surface area contributed by atoms with Gasteiger partial charge in [-0.1, -0.05) is 78.1 Å². The Morgan fingerprint density at radius 2 is 1.55 bits per heavy atom. The van der Waals surface area contributed by atoms with Gasteiger partial charge in [0.05, 0.1) is 4.83 Å². The number of hydrogen-bond acceptors (Lipinski definition) is 1. The molecule has 5 heteroatoms. The number of hydrogen-bond donors (Lipinski definition) is 1. The lowest BCUT2D eigenvalue weighted by molar-refractivity contribution is -0.115. The van der Waals surface area contributed by atoms with Crippen LogP contribution in [0.1, 0.15) is 10.4 Å². The summed E-state index contributed by atoms with van der Waals surface area (Å²) < 4.78 is 0.980. The number of amides is 1. The Labute approximate surface area is 143 Å². The molecule has 2 atom stereocenters. The third-order valence-electron chi connectivity index (χ3n) is 2.74. The van der Waals surface area contributed by atoms with Gasteiger partial charge in [-0.25, -0.2) is 0 Å². The second-order valence-electron chi connectivity index (χ2n) is 4.21. The van der Waals surface area contributed by atoms with Crippen LogP contribution >= 0.6 is 47.8 Å². The van der Waals surface area contributed by atoms with Crippen molar-refractivity contribution in [1.29, 1.82) is 0 Å². The molecule has 0 aliphatic carbocycles. The number of rotatable bonds is 4. The topological polar surface area (TPSA) is 29.1 Å². The maximum atomic E-state index is 12.2. The lowest BCUT2D eigenvalue weighted by Gasteiger charge is -2.17. The molecule has 2 nitrogen and oxygen atoms in total. The summed E-state index contributed by atoms with van der Waals surface area (Å²) >= 11 is 10.4. The molecule has 2 aromatic rings. The largest absolute Gasteiger partial charge is 0.325 e. The molecule has 2 aromatic carbocycles. The van der Waals surface area contributed by atoms with E-state index in [1.54, 1.807) is 0 Å². The number of carbonyl (C=O) groups excluding carboxylic acids is 1. The quantitative estimate of drug-likeness (QED) is 0.616. The van der Waals surface area contributed by atoms with E-state index in [0.29, 0.717) is 0 Å². The lowest BCUT2D eigenvalue weighted by atomic mass is 10.1. The van der Waals surface area contributed by atoms with Crippen molar-refractivity contribution in [2.75, 3.05) is 5.32 Å². The zero-order valence-electron chi connectivity index (χ0n) is 10.4. The molecule has 0 spiro atoms. The van der Waals surface area contributed by atoms with E-state index in [1.807, 2.05) is 54.6 Å². The molecular weight excluding hydrogens is 450 g/mol. The molecule has 0 radical (unpaired) electrons. The van der Waals surface area contributed by atoms with Crippen LogP contribution in [-0.2, 0) is 4.79 Å². The Morgan fingerprint density at radius 1 is 0.950 bits per heavy atom. The van der Waals surface area contributed by atoms with Gasteiger partial charge in [-0.15, -0.1) is 0 Å². The van der Waals surface area contributed by atoms with E-state index in [0.717, 1.165) is 15.7 Å². The van der Waals surface area contributed by atoms with Crippen LogP contribution in [0.25, 0.3) is 0 Å². The van der Waals surface area contributed by atoms with Crippen LogP contribution in [0.2, 0.25) is 0 Å². The first-order valence-electron chi connectivity index (χ1n) is 5.97. The van der Waals surface area contributed by atoms with Crippen LogP contribution in [0.3, 0.4) is 0 Å². The highest BCUT2D eigenvalue weighted by molar-refractivity contribution is 9.12. The zero-order chi connectivity index (χ0) is 14.5. The van der Waals surface area contributed by atoms with Crippen molar-refractivity contribution in [2.45, 2.75) is 9.65 Å². The predicted molar refractivity (Wildman–Crippen MR) is 93.6 cm³/mol. The second kappa shape index (κ2) is 7.38. The average Bonchev–Trinajstić information content (AvgIpc) is 2.49. The number of anilines is 1. The highest BCUT2D eigenvalue weighted by Gasteiger charge is 2.24. The number of alkyl halides is 2. The van der Waals surface area contributed by atoms with E-state index in [4.69, 9.17) is 0 Å². The third kappa shape index (κ3) is 4.17. The van der Waals surface area contributed by atoms with Crippen molar-refractivity contribution in [3.8, 4) is 0 Å². The van der Waals surface area contributed by atoms with Gasteiger partial charge < -0.3 is 5.32 Å². The SMILES string of the molecule is O=C(Nc1ccc(Br)cc1)[C@@H](Br)[C@@H](Br)c1ccccc1. The van der Waals surface area contributed by atoms with Crippen molar-refractivity contribution in [3.63, 3.8) is 0 Å². The maximum absolute atomic E-state index is 12.2. The van der Waals surface area contributed by atoms with Crippen molar-refractivity contribution in [3.05, 3.63) is 64.6 Å². The van der Waals surface area contributed by atoms with E-state index in [2.05, 4.69) is 53.1 Å². The molecule has 0 heterocycles. The van der Waals surface area contributed by atoms with Gasteiger partial charge in [0.25, 0.3) is 0 Å². The predicted octanol–water partition coefficient (Wildman–Crippen LogP) is 5.29. The third-order valence-corrected chi connectivity index (χ3v) is 5.98. The molecule has 2 rings (SSSR count). The van der Waals surface area contributed by atoms with Gasteiger partial charge >= 0.3 is 0 Å². The summed E-state index contributed by atoms with van der Waals surface area (Å²) in [5.41, 5.74) is 1.83. The van der Waals surface area contributed by atoms with Crippen LogP contribution in [0.5, 0.6) is 0 Å². The molecule has 0 aliphatic rings. The Hall–Kier alpha value is -0.650. The van der Waals surface area contributed by atoms with E-state index < -0.39 is 0 Å². The summed E-state index contributed by atoms with van der Waals surface area (Å²) in [6, 6.07) is 17.3. The summed E-state index contributed by atoms with van der Waals surface area (Å²) in [5.74, 6) is -0.0851. The molecule has 1 amide bonds. The summed E-state index contributed by atoms with van der Waals surface area (Å²) in [7, 11) is 0. The molecule has 0 unspecified atom stereocenters. The second-order valence-corrected chi connectivity index (χ2v) is 7.10. The van der Waals surface area contributed by atoms with Crippen LogP contribution in [0, 0.1) is 0 Å². The number of carbonyl (C=O) groups is 1. The van der Waals surface area contributed by atoms with Gasteiger partial charge in [-0.05, 0) is 29.8 Å². The highest BCUT2D eigenvalue weighted by Crippen LogP contribution is 2.31. The fourth-order valence-electron chi connectivity index (χ4n) is 1.68. The van der Waals surface area contributed by atoms with Gasteiger partial charge in [0, 0.05) is 10.2 Å². The Morgan fingerprint density at radius 3 is 2.15 bits per heavy atom.